The van der Waals surface area contributed by atoms with E-state index in [1.54, 1.807) is 0 Å². The molecule has 5 heteroatoms. The fourth-order valence-corrected chi connectivity index (χ4v) is 8.98. The van der Waals surface area contributed by atoms with Gasteiger partial charge in [-0.1, -0.05) is 176 Å². The zero-order valence-electron chi connectivity index (χ0n) is 32.9. The van der Waals surface area contributed by atoms with Gasteiger partial charge >= 0.3 is 0 Å². The van der Waals surface area contributed by atoms with Crippen molar-refractivity contribution in [2.75, 3.05) is 0 Å². The first-order valence-electron chi connectivity index (χ1n) is 20.6. The molecule has 0 fully saturated rings. The van der Waals surface area contributed by atoms with Crippen LogP contribution in [-0.2, 0) is 0 Å². The van der Waals surface area contributed by atoms with Gasteiger partial charge in [-0.2, -0.15) is 0 Å². The lowest BCUT2D eigenvalue weighted by Crippen LogP contribution is -2.00. The predicted molar refractivity (Wildman–Crippen MR) is 252 cm³/mol. The second-order valence-electron chi connectivity index (χ2n) is 15.4. The molecular weight excluding hydrogens is 743 g/mol. The van der Waals surface area contributed by atoms with Gasteiger partial charge in [0.05, 0.1) is 22.2 Å². The van der Waals surface area contributed by atoms with E-state index in [-0.39, 0.29) is 0 Å². The highest BCUT2D eigenvalue weighted by atomic mass is 15.0. The molecule has 0 aliphatic heterocycles. The van der Waals surface area contributed by atoms with Crippen LogP contribution in [0.2, 0.25) is 0 Å². The molecule has 0 atom stereocenters. The van der Waals surface area contributed by atoms with Crippen molar-refractivity contribution in [1.82, 2.24) is 24.5 Å². The number of benzene rings is 9. The fraction of sp³-hybridized carbons (Fsp3) is 0. The van der Waals surface area contributed by atoms with Gasteiger partial charge < -0.3 is 4.57 Å². The Bertz CT molecular complexity index is 3560. The number of fused-ring (bicyclic) bond motifs is 8. The van der Waals surface area contributed by atoms with Gasteiger partial charge in [-0.05, 0) is 52.7 Å². The van der Waals surface area contributed by atoms with Gasteiger partial charge in [-0.3, -0.25) is 0 Å². The van der Waals surface area contributed by atoms with Crippen LogP contribution in [0.1, 0.15) is 0 Å². The summed E-state index contributed by atoms with van der Waals surface area (Å²) in [5.41, 5.74) is 11.7. The van der Waals surface area contributed by atoms with Gasteiger partial charge in [0.1, 0.15) is 0 Å². The number of hydrogen-bond acceptors (Lipinski definition) is 4. The standard InChI is InChI=1S/C56H35N5/c1-5-16-36(17-6-1)52-46-32-33-49-51(50(46)45-24-13-14-27-48(45)57-52)47-26-15-25-44(53(47)61(49)43-22-11-4-12-23-43)41-30-28-40-35-42(31-29-39(40)34-41)56-59-54(37-18-7-2-8-19-37)58-55(60-56)38-20-9-3-10-21-38/h1-35H. The Balaban J connectivity index is 1.06. The molecule has 3 aromatic heterocycles. The third kappa shape index (κ3) is 5.86. The van der Waals surface area contributed by atoms with Gasteiger partial charge in [-0.25, -0.2) is 19.9 Å². The van der Waals surface area contributed by atoms with E-state index >= 15 is 0 Å². The van der Waals surface area contributed by atoms with Crippen LogP contribution in [0.5, 0.6) is 0 Å². The van der Waals surface area contributed by atoms with E-state index < -0.39 is 0 Å². The monoisotopic (exact) mass is 777 g/mol. The van der Waals surface area contributed by atoms with Gasteiger partial charge in [0.15, 0.2) is 17.5 Å². The number of aromatic nitrogens is 5. The lowest BCUT2D eigenvalue weighted by molar-refractivity contribution is 1.07. The van der Waals surface area contributed by atoms with Crippen LogP contribution < -0.4 is 0 Å². The van der Waals surface area contributed by atoms with Crippen molar-refractivity contribution < 1.29 is 0 Å². The summed E-state index contributed by atoms with van der Waals surface area (Å²) >= 11 is 0. The van der Waals surface area contributed by atoms with E-state index in [4.69, 9.17) is 19.9 Å². The number of hydrogen-bond donors (Lipinski definition) is 0. The summed E-state index contributed by atoms with van der Waals surface area (Å²) in [7, 11) is 0. The number of nitrogens with zero attached hydrogens (tertiary/aromatic N) is 5. The predicted octanol–water partition coefficient (Wildman–Crippen LogP) is 14.2. The van der Waals surface area contributed by atoms with Crippen molar-refractivity contribution in [2.24, 2.45) is 0 Å². The maximum absolute atomic E-state index is 5.26. The molecule has 0 amide bonds. The Hall–Kier alpha value is -8.28. The Morgan fingerprint density at radius 1 is 0.328 bits per heavy atom. The molecule has 0 aliphatic carbocycles. The molecule has 12 aromatic rings. The smallest absolute Gasteiger partial charge is 0.164 e. The molecule has 0 N–H and O–H groups in total. The van der Waals surface area contributed by atoms with E-state index in [1.165, 1.54) is 21.7 Å². The highest BCUT2D eigenvalue weighted by molar-refractivity contribution is 6.30. The summed E-state index contributed by atoms with van der Waals surface area (Å²) in [5.74, 6) is 1.94. The van der Waals surface area contributed by atoms with Crippen molar-refractivity contribution in [2.45, 2.75) is 0 Å². The molecule has 0 bridgehead atoms. The minimum atomic E-state index is 0.640. The molecule has 0 saturated carbocycles. The Morgan fingerprint density at radius 3 is 1.54 bits per heavy atom. The highest BCUT2D eigenvalue weighted by Gasteiger charge is 2.22. The normalized spacial score (nSPS) is 11.6. The first kappa shape index (κ1) is 34.7. The van der Waals surface area contributed by atoms with Gasteiger partial charge in [0.25, 0.3) is 0 Å². The molecule has 0 spiro atoms. The second kappa shape index (κ2) is 14.2. The van der Waals surface area contributed by atoms with Crippen molar-refractivity contribution in [1.29, 1.82) is 0 Å². The Labute approximate surface area is 351 Å². The lowest BCUT2D eigenvalue weighted by Gasteiger charge is -2.13. The van der Waals surface area contributed by atoms with Gasteiger partial charge in [0, 0.05) is 60.4 Å². The highest BCUT2D eigenvalue weighted by Crippen LogP contribution is 2.45. The molecule has 61 heavy (non-hydrogen) atoms. The van der Waals surface area contributed by atoms with Gasteiger partial charge in [-0.15, -0.1) is 0 Å². The maximum atomic E-state index is 5.26. The summed E-state index contributed by atoms with van der Waals surface area (Å²) in [6, 6.07) is 74.6. The zero-order chi connectivity index (χ0) is 40.3. The van der Waals surface area contributed by atoms with Crippen LogP contribution in [0, 0.1) is 0 Å². The molecule has 0 radical (unpaired) electrons. The average molecular weight is 778 g/mol. The van der Waals surface area contributed by atoms with Crippen molar-refractivity contribution >= 4 is 54.3 Å². The number of pyridine rings is 1. The molecule has 9 aromatic carbocycles. The summed E-state index contributed by atoms with van der Waals surface area (Å²) in [6.07, 6.45) is 0. The van der Waals surface area contributed by atoms with E-state index in [9.17, 15) is 0 Å². The van der Waals surface area contributed by atoms with Crippen molar-refractivity contribution in [3.8, 4) is 62.2 Å². The number of para-hydroxylation sites is 3. The number of rotatable bonds is 6. The summed E-state index contributed by atoms with van der Waals surface area (Å²) in [6.45, 7) is 0. The molecule has 0 unspecified atom stereocenters. The molecule has 12 rings (SSSR count). The zero-order valence-corrected chi connectivity index (χ0v) is 32.9. The molecule has 0 aliphatic rings. The third-order valence-corrected chi connectivity index (χ3v) is 11.8. The van der Waals surface area contributed by atoms with Crippen molar-refractivity contribution in [3.63, 3.8) is 0 Å². The fourth-order valence-electron chi connectivity index (χ4n) is 8.98. The maximum Gasteiger partial charge on any atom is 0.164 e. The van der Waals surface area contributed by atoms with E-state index in [2.05, 4.69) is 156 Å². The Kier molecular flexibility index (Phi) is 8.10. The molecular formula is C56H35N5. The van der Waals surface area contributed by atoms with Gasteiger partial charge in [0.2, 0.25) is 0 Å². The quantitative estimate of drug-likeness (QED) is 0.158. The average Bonchev–Trinajstić information content (AvgIpc) is 3.69. The van der Waals surface area contributed by atoms with Crippen LogP contribution >= 0.6 is 0 Å². The van der Waals surface area contributed by atoms with Crippen molar-refractivity contribution in [3.05, 3.63) is 212 Å². The topological polar surface area (TPSA) is 56.5 Å². The second-order valence-corrected chi connectivity index (χ2v) is 15.4. The third-order valence-electron chi connectivity index (χ3n) is 11.8. The molecule has 5 nitrogen and oxygen atoms in total. The van der Waals surface area contributed by atoms with E-state index in [0.29, 0.717) is 17.5 Å². The summed E-state index contributed by atoms with van der Waals surface area (Å²) in [5, 5.41) is 8.17. The molecule has 0 saturated heterocycles. The molecule has 284 valence electrons. The Morgan fingerprint density at radius 2 is 0.869 bits per heavy atom. The SMILES string of the molecule is c1ccc(-c2nc(-c3ccccc3)nc(-c3ccc4cc(-c5cccc6c7c8c(ccc7n(-c7ccccc7)c56)c(-c5ccccc5)nc5ccccc58)ccc4c3)n2)cc1. The first-order chi connectivity index (χ1) is 30.2. The van der Waals surface area contributed by atoms with Crippen LogP contribution in [0.15, 0.2) is 212 Å². The van der Waals surface area contributed by atoms with Crippen LogP contribution in [-0.4, -0.2) is 24.5 Å². The first-order valence-corrected chi connectivity index (χ1v) is 20.6. The van der Waals surface area contributed by atoms with Crippen LogP contribution in [0.3, 0.4) is 0 Å². The summed E-state index contributed by atoms with van der Waals surface area (Å²) in [4.78, 5) is 20.2. The molecule has 3 heterocycles. The van der Waals surface area contributed by atoms with E-state index in [0.717, 1.165) is 77.3 Å². The lowest BCUT2D eigenvalue weighted by atomic mass is 9.95. The summed E-state index contributed by atoms with van der Waals surface area (Å²) < 4.78 is 2.44. The van der Waals surface area contributed by atoms with Crippen LogP contribution in [0.4, 0.5) is 0 Å². The minimum absolute atomic E-state index is 0.640. The van der Waals surface area contributed by atoms with E-state index in [1.807, 2.05) is 60.7 Å². The largest absolute Gasteiger partial charge is 0.309 e. The van der Waals surface area contributed by atoms with Crippen LogP contribution in [0.25, 0.3) is 116 Å². The minimum Gasteiger partial charge on any atom is -0.309 e.